The van der Waals surface area contributed by atoms with E-state index in [4.69, 9.17) is 0 Å². The van der Waals surface area contributed by atoms with E-state index in [1.165, 1.54) is 5.56 Å². The zero-order valence-corrected chi connectivity index (χ0v) is 13.9. The van der Waals surface area contributed by atoms with Crippen LogP contribution in [0, 0.1) is 12.8 Å². The van der Waals surface area contributed by atoms with E-state index in [-0.39, 0.29) is 11.8 Å². The Bertz CT molecular complexity index is 502. The highest BCUT2D eigenvalue weighted by Crippen LogP contribution is 2.29. The maximum Gasteiger partial charge on any atom is 0.230 e. The van der Waals surface area contributed by atoms with Crippen molar-refractivity contribution in [2.45, 2.75) is 57.1 Å². The van der Waals surface area contributed by atoms with Crippen LogP contribution >= 0.6 is 11.8 Å². The molecule has 2 N–H and O–H groups in total. The van der Waals surface area contributed by atoms with Crippen LogP contribution in [-0.2, 0) is 10.5 Å². The monoisotopic (exact) mass is 307 g/mol. The molecular formula is C17H25NO2S. The molecule has 0 spiro atoms. The van der Waals surface area contributed by atoms with Crippen LogP contribution in [0.4, 0.5) is 5.69 Å². The number of rotatable bonds is 5. The highest BCUT2D eigenvalue weighted by atomic mass is 32.2. The van der Waals surface area contributed by atoms with Gasteiger partial charge < -0.3 is 10.4 Å². The second-order valence-electron chi connectivity index (χ2n) is 6.04. The summed E-state index contributed by atoms with van der Waals surface area (Å²) < 4.78 is 0. The first-order valence-electron chi connectivity index (χ1n) is 7.68. The quantitative estimate of drug-likeness (QED) is 0.871. The van der Waals surface area contributed by atoms with Gasteiger partial charge in [0.25, 0.3) is 0 Å². The minimum absolute atomic E-state index is 0.0447. The molecule has 0 aromatic heterocycles. The molecule has 2 unspecified atom stereocenters. The van der Waals surface area contributed by atoms with Crippen LogP contribution in [0.25, 0.3) is 0 Å². The van der Waals surface area contributed by atoms with Gasteiger partial charge in [-0.3, -0.25) is 4.79 Å². The van der Waals surface area contributed by atoms with Gasteiger partial charge in [0.1, 0.15) is 0 Å². The van der Waals surface area contributed by atoms with E-state index in [0.29, 0.717) is 5.25 Å². The lowest BCUT2D eigenvalue weighted by Crippen LogP contribution is -2.29. The van der Waals surface area contributed by atoms with Crippen LogP contribution < -0.4 is 5.32 Å². The van der Waals surface area contributed by atoms with E-state index >= 15 is 0 Å². The first-order chi connectivity index (χ1) is 9.99. The molecule has 4 heteroatoms. The maximum atomic E-state index is 12.3. The largest absolute Gasteiger partial charge is 0.392 e. The summed E-state index contributed by atoms with van der Waals surface area (Å²) in [5.41, 5.74) is 3.27. The molecule has 2 atom stereocenters. The number of thioether (sulfide) groups is 1. The summed E-state index contributed by atoms with van der Waals surface area (Å²) in [4.78, 5) is 12.3. The molecule has 21 heavy (non-hydrogen) atoms. The average Bonchev–Trinajstić information content (AvgIpc) is 2.86. The van der Waals surface area contributed by atoms with Gasteiger partial charge in [-0.2, -0.15) is 11.8 Å². The van der Waals surface area contributed by atoms with Gasteiger partial charge in [0, 0.05) is 11.4 Å². The number of nitrogens with one attached hydrogen (secondary N) is 1. The van der Waals surface area contributed by atoms with E-state index < -0.39 is 6.10 Å². The molecule has 1 saturated carbocycles. The van der Waals surface area contributed by atoms with Crippen molar-refractivity contribution in [3.05, 3.63) is 29.3 Å². The first kappa shape index (κ1) is 16.4. The van der Waals surface area contributed by atoms with Crippen LogP contribution in [0.15, 0.2) is 18.2 Å². The molecule has 1 amide bonds. The van der Waals surface area contributed by atoms with Crippen LogP contribution in [0.5, 0.6) is 0 Å². The van der Waals surface area contributed by atoms with Crippen LogP contribution in [0.1, 0.15) is 44.2 Å². The topological polar surface area (TPSA) is 49.3 Å². The third-order valence-electron chi connectivity index (χ3n) is 4.09. The second kappa shape index (κ2) is 7.32. The maximum absolute atomic E-state index is 12.3. The Morgan fingerprint density at radius 1 is 1.43 bits per heavy atom. The summed E-state index contributed by atoms with van der Waals surface area (Å²) in [5.74, 6) is 0.661. The number of benzene rings is 1. The Balaban J connectivity index is 2.06. The molecule has 1 fully saturated rings. The smallest absolute Gasteiger partial charge is 0.230 e. The minimum Gasteiger partial charge on any atom is -0.392 e. The average molecular weight is 307 g/mol. The fraction of sp³-hybridized carbons (Fsp3) is 0.588. The number of aliphatic hydroxyl groups is 1. The van der Waals surface area contributed by atoms with Crippen molar-refractivity contribution in [2.75, 3.05) is 5.32 Å². The molecule has 2 rings (SSSR count). The van der Waals surface area contributed by atoms with Gasteiger partial charge in [-0.05, 0) is 48.6 Å². The molecule has 3 nitrogen and oxygen atoms in total. The Hall–Kier alpha value is -1.00. The van der Waals surface area contributed by atoms with E-state index in [9.17, 15) is 9.90 Å². The van der Waals surface area contributed by atoms with Crippen LogP contribution in [0.2, 0.25) is 0 Å². The fourth-order valence-corrected chi connectivity index (χ4v) is 3.53. The Kier molecular flexibility index (Phi) is 5.71. The predicted octanol–water partition coefficient (Wildman–Crippen LogP) is 3.74. The molecule has 1 aromatic carbocycles. The van der Waals surface area contributed by atoms with Crippen molar-refractivity contribution in [1.29, 1.82) is 0 Å². The van der Waals surface area contributed by atoms with Crippen molar-refractivity contribution in [1.82, 2.24) is 0 Å². The highest BCUT2D eigenvalue weighted by molar-refractivity contribution is 7.99. The van der Waals surface area contributed by atoms with Gasteiger partial charge in [0.15, 0.2) is 0 Å². The summed E-state index contributed by atoms with van der Waals surface area (Å²) in [6.07, 6.45) is 1.98. The molecule has 0 radical (unpaired) electrons. The van der Waals surface area contributed by atoms with Crippen molar-refractivity contribution in [3.8, 4) is 0 Å². The molecule has 0 saturated heterocycles. The number of carbonyl (C=O) groups is 1. The lowest BCUT2D eigenvalue weighted by atomic mass is 10.0. The van der Waals surface area contributed by atoms with Gasteiger partial charge >= 0.3 is 0 Å². The zero-order valence-electron chi connectivity index (χ0n) is 13.1. The zero-order chi connectivity index (χ0) is 15.4. The molecule has 116 valence electrons. The van der Waals surface area contributed by atoms with Gasteiger partial charge in [0.05, 0.1) is 12.0 Å². The van der Waals surface area contributed by atoms with Gasteiger partial charge in [0.2, 0.25) is 5.91 Å². The number of amides is 1. The number of carbonyl (C=O) groups excluding carboxylic acids is 1. The Morgan fingerprint density at radius 3 is 2.81 bits per heavy atom. The van der Waals surface area contributed by atoms with E-state index in [0.717, 1.165) is 36.3 Å². The molecule has 1 aliphatic carbocycles. The van der Waals surface area contributed by atoms with Crippen LogP contribution in [-0.4, -0.2) is 22.4 Å². The molecule has 1 aromatic rings. The molecule has 0 aliphatic heterocycles. The lowest BCUT2D eigenvalue weighted by molar-refractivity contribution is -0.122. The molecular weight excluding hydrogens is 282 g/mol. The molecule has 0 bridgehead atoms. The van der Waals surface area contributed by atoms with Gasteiger partial charge in [-0.15, -0.1) is 0 Å². The number of anilines is 1. The fourth-order valence-electron chi connectivity index (χ4n) is 2.70. The highest BCUT2D eigenvalue weighted by Gasteiger charge is 2.31. The van der Waals surface area contributed by atoms with Crippen LogP contribution in [0.3, 0.4) is 0 Å². The SMILES string of the molecule is Cc1c(CSC(C)C)cccc1NC(=O)C1CCCC1O. The first-order valence-corrected chi connectivity index (χ1v) is 8.73. The van der Waals surface area contributed by atoms with E-state index in [2.05, 4.69) is 32.2 Å². The third-order valence-corrected chi connectivity index (χ3v) is 5.24. The summed E-state index contributed by atoms with van der Waals surface area (Å²) >= 11 is 1.90. The predicted molar refractivity (Wildman–Crippen MR) is 89.6 cm³/mol. The molecule has 1 aliphatic rings. The minimum atomic E-state index is -0.481. The van der Waals surface area contributed by atoms with Crippen molar-refractivity contribution < 1.29 is 9.90 Å². The Labute approximate surface area is 131 Å². The Morgan fingerprint density at radius 2 is 2.19 bits per heavy atom. The second-order valence-corrected chi connectivity index (χ2v) is 7.61. The third kappa shape index (κ3) is 4.24. The van der Waals surface area contributed by atoms with E-state index in [1.54, 1.807) is 0 Å². The number of aliphatic hydroxyl groups excluding tert-OH is 1. The molecule has 0 heterocycles. The van der Waals surface area contributed by atoms with Gasteiger partial charge in [-0.1, -0.05) is 26.0 Å². The number of hydrogen-bond acceptors (Lipinski definition) is 3. The van der Waals surface area contributed by atoms with Crippen molar-refractivity contribution in [3.63, 3.8) is 0 Å². The van der Waals surface area contributed by atoms with Crippen molar-refractivity contribution in [2.24, 2.45) is 5.92 Å². The lowest BCUT2D eigenvalue weighted by Gasteiger charge is -2.17. The summed E-state index contributed by atoms with van der Waals surface area (Å²) in [6, 6.07) is 6.05. The number of hydrogen-bond donors (Lipinski definition) is 2. The van der Waals surface area contributed by atoms with Crippen molar-refractivity contribution >= 4 is 23.4 Å². The normalized spacial score (nSPS) is 21.8. The summed E-state index contributed by atoms with van der Waals surface area (Å²) in [7, 11) is 0. The summed E-state index contributed by atoms with van der Waals surface area (Å²) in [5, 5.41) is 13.4. The van der Waals surface area contributed by atoms with Gasteiger partial charge in [-0.25, -0.2) is 0 Å². The van der Waals surface area contributed by atoms with E-state index in [1.807, 2.05) is 23.9 Å². The standard InChI is InChI=1S/C17H25NO2S/c1-11(2)21-10-13-6-4-8-15(12(13)3)18-17(20)14-7-5-9-16(14)19/h4,6,8,11,14,16,19H,5,7,9-10H2,1-3H3,(H,18,20). The summed E-state index contributed by atoms with van der Waals surface area (Å²) in [6.45, 7) is 6.43.